The molecule has 1 heterocycles. The molecule has 1 aliphatic rings. The molecular formula is C11H9NOS2. The summed E-state index contributed by atoms with van der Waals surface area (Å²) in [5.74, 6) is 0. The lowest BCUT2D eigenvalue weighted by Gasteiger charge is -2.06. The van der Waals surface area contributed by atoms with E-state index >= 15 is 0 Å². The second kappa shape index (κ2) is 4.68. The summed E-state index contributed by atoms with van der Waals surface area (Å²) in [4.78, 5) is 16.9. The highest BCUT2D eigenvalue weighted by Gasteiger charge is 2.09. The van der Waals surface area contributed by atoms with Crippen molar-refractivity contribution in [3.8, 4) is 0 Å². The number of rotatable bonds is 0. The van der Waals surface area contributed by atoms with Gasteiger partial charge in [0.05, 0.1) is 10.7 Å². The van der Waals surface area contributed by atoms with Crippen LogP contribution in [0.5, 0.6) is 0 Å². The molecular weight excluding hydrogens is 226 g/mol. The number of para-hydroxylation sites is 1. The monoisotopic (exact) mass is 235 g/mol. The highest BCUT2D eigenvalue weighted by atomic mass is 32.2. The Morgan fingerprint density at radius 3 is 2.87 bits per heavy atom. The Labute approximate surface area is 96.9 Å². The molecule has 0 atom stereocenters. The third kappa shape index (κ3) is 2.52. The second-order valence-electron chi connectivity index (χ2n) is 2.88. The first-order valence-corrected chi connectivity index (χ1v) is 6.45. The van der Waals surface area contributed by atoms with Crippen molar-refractivity contribution in [2.24, 2.45) is 4.99 Å². The molecule has 15 heavy (non-hydrogen) atoms. The van der Waals surface area contributed by atoms with E-state index in [-0.39, 0.29) is 5.12 Å². The molecule has 2 nitrogen and oxygen atoms in total. The van der Waals surface area contributed by atoms with Gasteiger partial charge in [-0.25, -0.2) is 4.99 Å². The van der Waals surface area contributed by atoms with E-state index in [4.69, 9.17) is 0 Å². The van der Waals surface area contributed by atoms with E-state index in [0.717, 1.165) is 15.6 Å². The number of nitrogens with zero attached hydrogens (tertiary/aromatic N) is 1. The highest BCUT2D eigenvalue weighted by molar-refractivity contribution is 8.14. The Morgan fingerprint density at radius 2 is 2.07 bits per heavy atom. The van der Waals surface area contributed by atoms with Gasteiger partial charge in [-0.15, -0.1) is 11.8 Å². The zero-order chi connectivity index (χ0) is 10.7. The van der Waals surface area contributed by atoms with E-state index in [2.05, 4.69) is 4.99 Å². The van der Waals surface area contributed by atoms with Crippen molar-refractivity contribution in [3.05, 3.63) is 36.4 Å². The fourth-order valence-electron chi connectivity index (χ4n) is 1.19. The third-order valence-corrected chi connectivity index (χ3v) is 3.43. The van der Waals surface area contributed by atoms with Gasteiger partial charge < -0.3 is 0 Å². The molecule has 1 aromatic carbocycles. The van der Waals surface area contributed by atoms with Gasteiger partial charge in [-0.05, 0) is 42.3 Å². The molecule has 76 valence electrons. The maximum Gasteiger partial charge on any atom is 0.217 e. The molecule has 1 aliphatic heterocycles. The van der Waals surface area contributed by atoms with Crippen LogP contribution in [-0.4, -0.2) is 16.4 Å². The summed E-state index contributed by atoms with van der Waals surface area (Å²) >= 11 is 2.75. The van der Waals surface area contributed by atoms with Crippen LogP contribution in [0.4, 0.5) is 5.69 Å². The molecule has 0 aliphatic carbocycles. The lowest BCUT2D eigenvalue weighted by molar-refractivity contribution is -0.107. The maximum absolute atomic E-state index is 11.5. The van der Waals surface area contributed by atoms with E-state index in [1.165, 1.54) is 23.5 Å². The second-order valence-corrected chi connectivity index (χ2v) is 4.75. The molecule has 1 aromatic rings. The summed E-state index contributed by atoms with van der Waals surface area (Å²) in [6.45, 7) is 0. The molecule has 0 saturated heterocycles. The molecule has 0 radical (unpaired) electrons. The Morgan fingerprint density at radius 1 is 1.27 bits per heavy atom. The van der Waals surface area contributed by atoms with Crippen molar-refractivity contribution in [2.45, 2.75) is 4.90 Å². The Bertz CT molecular complexity index is 452. The van der Waals surface area contributed by atoms with Gasteiger partial charge in [0.25, 0.3) is 0 Å². The lowest BCUT2D eigenvalue weighted by atomic mass is 10.3. The van der Waals surface area contributed by atoms with Gasteiger partial charge in [0.2, 0.25) is 5.12 Å². The van der Waals surface area contributed by atoms with Crippen LogP contribution >= 0.6 is 23.5 Å². The number of thioether (sulfide) groups is 2. The molecule has 0 N–H and O–H groups in total. The molecule has 0 unspecified atom stereocenters. The van der Waals surface area contributed by atoms with Crippen molar-refractivity contribution < 1.29 is 4.79 Å². The summed E-state index contributed by atoms with van der Waals surface area (Å²) in [7, 11) is 0. The summed E-state index contributed by atoms with van der Waals surface area (Å²) in [5.41, 5.74) is 0.865. The molecule has 0 bridgehead atoms. The summed E-state index contributed by atoms with van der Waals surface area (Å²) < 4.78 is 0. The number of carbonyl (C=O) groups is 1. The van der Waals surface area contributed by atoms with Gasteiger partial charge in [0.1, 0.15) is 0 Å². The SMILES string of the molecule is CSC1=Nc2ccccc2SC(=O)/C=C\1. The summed E-state index contributed by atoms with van der Waals surface area (Å²) in [5, 5.41) is 0.903. The molecule has 0 fully saturated rings. The van der Waals surface area contributed by atoms with E-state index in [0.29, 0.717) is 0 Å². The van der Waals surface area contributed by atoms with E-state index in [1.807, 2.05) is 30.5 Å². The van der Waals surface area contributed by atoms with Crippen molar-refractivity contribution >= 4 is 39.4 Å². The van der Waals surface area contributed by atoms with Crippen molar-refractivity contribution in [1.29, 1.82) is 0 Å². The van der Waals surface area contributed by atoms with Gasteiger partial charge >= 0.3 is 0 Å². The van der Waals surface area contributed by atoms with E-state index in [1.54, 1.807) is 12.2 Å². The molecule has 4 heteroatoms. The minimum absolute atomic E-state index is 0.0453. The topological polar surface area (TPSA) is 29.4 Å². The lowest BCUT2D eigenvalue weighted by Crippen LogP contribution is -1.93. The fourth-order valence-corrected chi connectivity index (χ4v) is 2.30. The van der Waals surface area contributed by atoms with Gasteiger partial charge in [0.15, 0.2) is 0 Å². The standard InChI is InChI=1S/C11H9NOS2/c1-14-10-6-7-11(13)15-9-5-3-2-4-8(9)12-10/h2-7H,1H3/b7-6-,12-10?. The van der Waals surface area contributed by atoms with Crippen LogP contribution < -0.4 is 0 Å². The molecule has 2 rings (SSSR count). The number of hydrogen-bond acceptors (Lipinski definition) is 4. The largest absolute Gasteiger partial charge is 0.282 e. The summed E-state index contributed by atoms with van der Waals surface area (Å²) in [6.07, 6.45) is 5.27. The zero-order valence-electron chi connectivity index (χ0n) is 8.14. The zero-order valence-corrected chi connectivity index (χ0v) is 9.77. The molecule has 0 aromatic heterocycles. The number of hydrogen-bond donors (Lipinski definition) is 0. The maximum atomic E-state index is 11.5. The smallest absolute Gasteiger partial charge is 0.217 e. The first kappa shape index (κ1) is 10.5. The third-order valence-electron chi connectivity index (χ3n) is 1.88. The quantitative estimate of drug-likeness (QED) is 0.691. The van der Waals surface area contributed by atoms with Crippen molar-refractivity contribution in [1.82, 2.24) is 0 Å². The van der Waals surface area contributed by atoms with Gasteiger partial charge in [-0.3, -0.25) is 4.79 Å². The van der Waals surface area contributed by atoms with Gasteiger partial charge in [0, 0.05) is 4.90 Å². The minimum Gasteiger partial charge on any atom is -0.282 e. The van der Waals surface area contributed by atoms with Gasteiger partial charge in [-0.2, -0.15) is 0 Å². The van der Waals surface area contributed by atoms with Crippen LogP contribution in [0.2, 0.25) is 0 Å². The normalized spacial score (nSPS) is 17.4. The first-order chi connectivity index (χ1) is 7.29. The number of aliphatic imine (C=N–C) groups is 1. The summed E-state index contributed by atoms with van der Waals surface area (Å²) in [6, 6.07) is 7.68. The predicted molar refractivity (Wildman–Crippen MR) is 67.1 cm³/mol. The number of benzene rings is 1. The van der Waals surface area contributed by atoms with Crippen LogP contribution in [0.3, 0.4) is 0 Å². The number of carbonyl (C=O) groups excluding carboxylic acids is 1. The molecule has 0 amide bonds. The van der Waals surface area contributed by atoms with Crippen LogP contribution in [0.15, 0.2) is 46.3 Å². The van der Waals surface area contributed by atoms with Crippen LogP contribution in [0, 0.1) is 0 Å². The van der Waals surface area contributed by atoms with Crippen molar-refractivity contribution in [2.75, 3.05) is 6.26 Å². The van der Waals surface area contributed by atoms with Gasteiger partial charge in [-0.1, -0.05) is 12.1 Å². The van der Waals surface area contributed by atoms with Crippen LogP contribution in [0.1, 0.15) is 0 Å². The highest BCUT2D eigenvalue weighted by Crippen LogP contribution is 2.32. The molecule has 0 spiro atoms. The van der Waals surface area contributed by atoms with Crippen LogP contribution in [-0.2, 0) is 4.79 Å². The van der Waals surface area contributed by atoms with Crippen molar-refractivity contribution in [3.63, 3.8) is 0 Å². The number of fused-ring (bicyclic) bond motifs is 1. The predicted octanol–water partition coefficient (Wildman–Crippen LogP) is 3.27. The Hall–Kier alpha value is -1.00. The van der Waals surface area contributed by atoms with E-state index in [9.17, 15) is 4.79 Å². The average Bonchev–Trinajstić information content (AvgIpc) is 2.23. The minimum atomic E-state index is 0.0453. The average molecular weight is 235 g/mol. The molecule has 0 saturated carbocycles. The van der Waals surface area contributed by atoms with E-state index < -0.39 is 0 Å². The fraction of sp³-hybridized carbons (Fsp3) is 0.0909. The Kier molecular flexibility index (Phi) is 3.28. The first-order valence-electron chi connectivity index (χ1n) is 4.41. The van der Waals surface area contributed by atoms with Crippen LogP contribution in [0.25, 0.3) is 0 Å². The Balaban J connectivity index is 2.52.